The first kappa shape index (κ1) is 7.83. The second kappa shape index (κ2) is 3.79. The summed E-state index contributed by atoms with van der Waals surface area (Å²) < 4.78 is 0. The lowest BCUT2D eigenvalue weighted by molar-refractivity contribution is 0.187. The fourth-order valence-electron chi connectivity index (χ4n) is 0.286. The SMILES string of the molecule is NC(=O)N(CCO)N=O. The number of nitrogens with zero attached hydrogens (tertiary/aromatic N) is 2. The van der Waals surface area contributed by atoms with Crippen LogP contribution < -0.4 is 5.73 Å². The predicted molar refractivity (Wildman–Crippen MR) is 29.2 cm³/mol. The molecule has 0 unspecified atom stereocenters. The van der Waals surface area contributed by atoms with Crippen LogP contribution in [0.1, 0.15) is 0 Å². The molecule has 0 saturated heterocycles. The van der Waals surface area contributed by atoms with Crippen LogP contribution in [0.4, 0.5) is 4.79 Å². The molecule has 0 spiro atoms. The van der Waals surface area contributed by atoms with E-state index in [0.29, 0.717) is 5.01 Å². The molecule has 0 rings (SSSR count). The molecule has 9 heavy (non-hydrogen) atoms. The number of aliphatic hydroxyl groups is 1. The molecule has 0 aliphatic carbocycles. The van der Waals surface area contributed by atoms with Crippen molar-refractivity contribution in [3.8, 4) is 0 Å². The summed E-state index contributed by atoms with van der Waals surface area (Å²) in [6.45, 7) is -0.479. The zero-order chi connectivity index (χ0) is 7.28. The van der Waals surface area contributed by atoms with Crippen LogP contribution >= 0.6 is 0 Å². The van der Waals surface area contributed by atoms with Crippen LogP contribution in [0.15, 0.2) is 5.29 Å². The third-order valence-corrected chi connectivity index (χ3v) is 0.665. The molecule has 0 heterocycles. The Bertz CT molecular complexity index is 115. The highest BCUT2D eigenvalue weighted by Crippen LogP contribution is 1.84. The third-order valence-electron chi connectivity index (χ3n) is 0.665. The van der Waals surface area contributed by atoms with Crippen LogP contribution in [-0.2, 0) is 0 Å². The largest absolute Gasteiger partial charge is 0.394 e. The molecular formula is C3H7N3O3. The van der Waals surface area contributed by atoms with Crippen LogP contribution in [0.5, 0.6) is 0 Å². The molecule has 0 aliphatic heterocycles. The number of rotatable bonds is 3. The van der Waals surface area contributed by atoms with Gasteiger partial charge in [0.15, 0.2) is 0 Å². The number of nitrogens with two attached hydrogens (primary N) is 1. The second-order valence-electron chi connectivity index (χ2n) is 1.27. The second-order valence-corrected chi connectivity index (χ2v) is 1.27. The number of carbonyl (C=O) groups is 1. The number of hydrogen-bond donors (Lipinski definition) is 2. The minimum Gasteiger partial charge on any atom is -0.394 e. The third kappa shape index (κ3) is 2.60. The number of urea groups is 1. The van der Waals surface area contributed by atoms with E-state index in [0.717, 1.165) is 0 Å². The number of amides is 2. The van der Waals surface area contributed by atoms with E-state index >= 15 is 0 Å². The Kier molecular flexibility index (Phi) is 3.29. The maximum Gasteiger partial charge on any atom is 0.337 e. The fourth-order valence-corrected chi connectivity index (χ4v) is 0.286. The summed E-state index contributed by atoms with van der Waals surface area (Å²) >= 11 is 0. The molecule has 3 N–H and O–H groups in total. The molecule has 0 atom stereocenters. The monoisotopic (exact) mass is 133 g/mol. The van der Waals surface area contributed by atoms with Gasteiger partial charge in [0, 0.05) is 0 Å². The number of hydrogen-bond acceptors (Lipinski definition) is 4. The lowest BCUT2D eigenvalue weighted by Crippen LogP contribution is -2.32. The Hall–Kier alpha value is -1.17. The first-order valence-corrected chi connectivity index (χ1v) is 2.23. The number of nitroso groups, excluding NO2 is 1. The highest BCUT2D eigenvalue weighted by Gasteiger charge is 2.06. The summed E-state index contributed by atoms with van der Waals surface area (Å²) in [6, 6.07) is -0.959. The maximum atomic E-state index is 10.1. The van der Waals surface area contributed by atoms with E-state index in [1.165, 1.54) is 0 Å². The van der Waals surface area contributed by atoms with Gasteiger partial charge in [0.05, 0.1) is 18.4 Å². The summed E-state index contributed by atoms with van der Waals surface area (Å²) in [5, 5.41) is 10.8. The molecule has 0 aromatic rings. The van der Waals surface area contributed by atoms with E-state index in [1.807, 2.05) is 0 Å². The number of carbonyl (C=O) groups excluding carboxylic acids is 1. The molecule has 52 valence electrons. The van der Waals surface area contributed by atoms with E-state index in [9.17, 15) is 9.70 Å². The first-order chi connectivity index (χ1) is 4.22. The Morgan fingerprint density at radius 1 is 1.78 bits per heavy atom. The summed E-state index contributed by atoms with van der Waals surface area (Å²) in [5.41, 5.74) is 4.62. The van der Waals surface area contributed by atoms with Gasteiger partial charge in [0.25, 0.3) is 0 Å². The van der Waals surface area contributed by atoms with Gasteiger partial charge < -0.3 is 10.8 Å². The molecule has 0 radical (unpaired) electrons. The van der Waals surface area contributed by atoms with Gasteiger partial charge in [-0.2, -0.15) is 5.01 Å². The smallest absolute Gasteiger partial charge is 0.337 e. The van der Waals surface area contributed by atoms with E-state index in [2.05, 4.69) is 11.0 Å². The molecule has 6 heteroatoms. The van der Waals surface area contributed by atoms with Crippen molar-refractivity contribution in [2.24, 2.45) is 11.0 Å². The molecule has 0 bridgehead atoms. The minimum absolute atomic E-state index is 0.154. The summed E-state index contributed by atoms with van der Waals surface area (Å²) in [7, 11) is 0. The molecule has 0 aliphatic rings. The van der Waals surface area contributed by atoms with Crippen LogP contribution in [0.25, 0.3) is 0 Å². The highest BCUT2D eigenvalue weighted by molar-refractivity contribution is 5.71. The summed E-state index contributed by atoms with van der Waals surface area (Å²) in [5.74, 6) is 0. The number of primary amides is 1. The molecule has 6 nitrogen and oxygen atoms in total. The van der Waals surface area contributed by atoms with Gasteiger partial charge in [-0.15, -0.1) is 4.91 Å². The van der Waals surface area contributed by atoms with Gasteiger partial charge in [0.2, 0.25) is 0 Å². The van der Waals surface area contributed by atoms with Crippen molar-refractivity contribution >= 4 is 6.03 Å². The average molecular weight is 133 g/mol. The van der Waals surface area contributed by atoms with Crippen molar-refractivity contribution in [1.82, 2.24) is 5.01 Å². The van der Waals surface area contributed by atoms with Crippen molar-refractivity contribution in [2.45, 2.75) is 0 Å². The molecule has 2 amide bonds. The number of aliphatic hydroxyl groups excluding tert-OH is 1. The predicted octanol–water partition coefficient (Wildman–Crippen LogP) is -0.959. The van der Waals surface area contributed by atoms with Crippen LogP contribution in [0.2, 0.25) is 0 Å². The van der Waals surface area contributed by atoms with Crippen molar-refractivity contribution in [3.05, 3.63) is 4.91 Å². The van der Waals surface area contributed by atoms with Gasteiger partial charge >= 0.3 is 6.03 Å². The molecule has 0 aromatic heterocycles. The Morgan fingerprint density at radius 3 is 2.44 bits per heavy atom. The zero-order valence-electron chi connectivity index (χ0n) is 4.65. The van der Waals surface area contributed by atoms with Crippen molar-refractivity contribution in [3.63, 3.8) is 0 Å². The topological polar surface area (TPSA) is 96.0 Å². The van der Waals surface area contributed by atoms with Crippen molar-refractivity contribution in [1.29, 1.82) is 0 Å². The zero-order valence-corrected chi connectivity index (χ0v) is 4.65. The molecular weight excluding hydrogens is 126 g/mol. The quantitative estimate of drug-likeness (QED) is 0.383. The Labute approximate surface area is 51.2 Å². The molecule has 0 fully saturated rings. The van der Waals surface area contributed by atoms with Gasteiger partial charge in [-0.05, 0) is 0 Å². The van der Waals surface area contributed by atoms with Crippen molar-refractivity contribution < 1.29 is 9.90 Å². The van der Waals surface area contributed by atoms with E-state index in [1.54, 1.807) is 0 Å². The standard InChI is InChI=1S/C3H7N3O3/c4-3(8)6(5-9)1-2-7/h7H,1-2H2,(H2,4,8). The van der Waals surface area contributed by atoms with Gasteiger partial charge in [-0.3, -0.25) is 0 Å². The molecule has 0 saturated carbocycles. The lowest BCUT2D eigenvalue weighted by Gasteiger charge is -2.05. The Morgan fingerprint density at radius 2 is 2.33 bits per heavy atom. The maximum absolute atomic E-state index is 10.1. The normalized spacial score (nSPS) is 8.56. The van der Waals surface area contributed by atoms with E-state index in [-0.39, 0.29) is 13.2 Å². The minimum atomic E-state index is -0.959. The highest BCUT2D eigenvalue weighted by atomic mass is 16.3. The fraction of sp³-hybridized carbons (Fsp3) is 0.667. The Balaban J connectivity index is 3.68. The van der Waals surface area contributed by atoms with Crippen molar-refractivity contribution in [2.75, 3.05) is 13.2 Å². The van der Waals surface area contributed by atoms with Gasteiger partial charge in [0.1, 0.15) is 0 Å². The molecule has 0 aromatic carbocycles. The lowest BCUT2D eigenvalue weighted by atomic mass is 10.7. The van der Waals surface area contributed by atoms with E-state index < -0.39 is 6.03 Å². The van der Waals surface area contributed by atoms with Crippen LogP contribution in [0.3, 0.4) is 0 Å². The van der Waals surface area contributed by atoms with Crippen LogP contribution in [-0.4, -0.2) is 29.3 Å². The summed E-state index contributed by atoms with van der Waals surface area (Å²) in [6.07, 6.45) is 0. The van der Waals surface area contributed by atoms with Gasteiger partial charge in [-0.1, -0.05) is 0 Å². The average Bonchev–Trinajstić information content (AvgIpc) is 1.82. The summed E-state index contributed by atoms with van der Waals surface area (Å²) in [4.78, 5) is 19.7. The van der Waals surface area contributed by atoms with E-state index in [4.69, 9.17) is 5.11 Å². The van der Waals surface area contributed by atoms with Gasteiger partial charge in [-0.25, -0.2) is 4.79 Å². The first-order valence-electron chi connectivity index (χ1n) is 2.23. The van der Waals surface area contributed by atoms with Crippen LogP contribution in [0, 0.1) is 4.91 Å².